The van der Waals surface area contributed by atoms with Gasteiger partial charge in [0, 0.05) is 7.11 Å². The number of hydrogen-bond acceptors (Lipinski definition) is 4. The van der Waals surface area contributed by atoms with Gasteiger partial charge in [0.05, 0.1) is 17.6 Å². The highest BCUT2D eigenvalue weighted by molar-refractivity contribution is 7.86. The van der Waals surface area contributed by atoms with Crippen LogP contribution in [0.2, 0.25) is 0 Å². The van der Waals surface area contributed by atoms with Gasteiger partial charge in [-0.15, -0.1) is 0 Å². The molecule has 0 saturated carbocycles. The van der Waals surface area contributed by atoms with Crippen molar-refractivity contribution < 1.29 is 17.3 Å². The Kier molecular flexibility index (Phi) is 9.44. The molecule has 0 aromatic heterocycles. The number of rotatable bonds is 12. The van der Waals surface area contributed by atoms with E-state index < -0.39 is 10.1 Å². The maximum absolute atomic E-state index is 12.1. The Hall–Kier alpha value is -0.910. The summed E-state index contributed by atoms with van der Waals surface area (Å²) in [6.07, 6.45) is 7.69. The SMILES string of the molecule is CCCCCCC[C@H](CCOS(=O)(=O)c1ccc(C)cc1)OC. The molecule has 1 rings (SSSR count). The number of methoxy groups -OCH3 is 1. The van der Waals surface area contributed by atoms with Crippen molar-refractivity contribution in [1.82, 2.24) is 0 Å². The molecule has 23 heavy (non-hydrogen) atoms. The summed E-state index contributed by atoms with van der Waals surface area (Å²) in [5, 5.41) is 0. The van der Waals surface area contributed by atoms with Crippen LogP contribution in [0.4, 0.5) is 0 Å². The second kappa shape index (κ2) is 10.8. The summed E-state index contributed by atoms with van der Waals surface area (Å²) in [6.45, 7) is 4.27. The largest absolute Gasteiger partial charge is 0.381 e. The van der Waals surface area contributed by atoms with Gasteiger partial charge in [-0.2, -0.15) is 8.42 Å². The minimum Gasteiger partial charge on any atom is -0.381 e. The number of unbranched alkanes of at least 4 members (excludes halogenated alkanes) is 4. The molecule has 0 fully saturated rings. The molecule has 0 amide bonds. The minimum atomic E-state index is -3.67. The number of benzene rings is 1. The maximum atomic E-state index is 12.1. The smallest absolute Gasteiger partial charge is 0.296 e. The van der Waals surface area contributed by atoms with E-state index in [2.05, 4.69) is 6.92 Å². The van der Waals surface area contributed by atoms with Gasteiger partial charge in [-0.25, -0.2) is 0 Å². The highest BCUT2D eigenvalue weighted by atomic mass is 32.2. The van der Waals surface area contributed by atoms with E-state index in [9.17, 15) is 8.42 Å². The number of ether oxygens (including phenoxy) is 1. The van der Waals surface area contributed by atoms with Crippen molar-refractivity contribution in [3.05, 3.63) is 29.8 Å². The van der Waals surface area contributed by atoms with Crippen LogP contribution in [0.5, 0.6) is 0 Å². The third kappa shape index (κ3) is 7.95. The molecule has 0 spiro atoms. The molecule has 0 N–H and O–H groups in total. The zero-order chi connectivity index (χ0) is 17.1. The molecule has 0 aliphatic carbocycles. The fourth-order valence-corrected chi connectivity index (χ4v) is 3.34. The van der Waals surface area contributed by atoms with Crippen molar-refractivity contribution >= 4 is 10.1 Å². The van der Waals surface area contributed by atoms with Crippen LogP contribution in [0.15, 0.2) is 29.2 Å². The van der Waals surface area contributed by atoms with E-state index in [1.54, 1.807) is 31.4 Å². The van der Waals surface area contributed by atoms with Crippen molar-refractivity contribution in [2.45, 2.75) is 69.8 Å². The van der Waals surface area contributed by atoms with Gasteiger partial charge < -0.3 is 4.74 Å². The first kappa shape index (κ1) is 20.1. The lowest BCUT2D eigenvalue weighted by atomic mass is 10.1. The van der Waals surface area contributed by atoms with E-state index in [1.165, 1.54) is 25.7 Å². The molecule has 0 unspecified atom stereocenters. The fraction of sp³-hybridized carbons (Fsp3) is 0.667. The zero-order valence-electron chi connectivity index (χ0n) is 14.6. The summed E-state index contributed by atoms with van der Waals surface area (Å²) in [7, 11) is -2.00. The van der Waals surface area contributed by atoms with E-state index in [0.717, 1.165) is 18.4 Å². The lowest BCUT2D eigenvalue weighted by Crippen LogP contribution is -2.16. The monoisotopic (exact) mass is 342 g/mol. The quantitative estimate of drug-likeness (QED) is 0.415. The van der Waals surface area contributed by atoms with Gasteiger partial charge in [-0.05, 0) is 31.9 Å². The first-order valence-corrected chi connectivity index (χ1v) is 9.89. The summed E-state index contributed by atoms with van der Waals surface area (Å²) in [5.41, 5.74) is 1.02. The molecule has 0 saturated heterocycles. The van der Waals surface area contributed by atoms with E-state index in [1.807, 2.05) is 6.92 Å². The standard InChI is InChI=1S/C18H30O4S/c1-4-5-6-7-8-9-17(21-3)14-15-22-23(19,20)18-12-10-16(2)11-13-18/h10-13,17H,4-9,14-15H2,1-3H3/t17-/m1/s1. The second-order valence-electron chi connectivity index (χ2n) is 5.94. The third-order valence-electron chi connectivity index (χ3n) is 3.95. The van der Waals surface area contributed by atoms with Crippen molar-refractivity contribution in [2.75, 3.05) is 13.7 Å². The van der Waals surface area contributed by atoms with Crippen LogP contribution < -0.4 is 0 Å². The Labute approximate surface area is 141 Å². The Balaban J connectivity index is 2.34. The predicted octanol–water partition coefficient (Wildman–Crippen LogP) is 4.47. The molecule has 132 valence electrons. The van der Waals surface area contributed by atoms with Crippen LogP contribution in [-0.4, -0.2) is 28.2 Å². The molecule has 4 nitrogen and oxygen atoms in total. The van der Waals surface area contributed by atoms with Crippen LogP contribution in [0.1, 0.15) is 57.4 Å². The maximum Gasteiger partial charge on any atom is 0.296 e. The molecule has 0 bridgehead atoms. The topological polar surface area (TPSA) is 52.6 Å². The summed E-state index contributed by atoms with van der Waals surface area (Å²) < 4.78 is 34.7. The summed E-state index contributed by atoms with van der Waals surface area (Å²) in [6, 6.07) is 6.69. The van der Waals surface area contributed by atoms with Crippen LogP contribution >= 0.6 is 0 Å². The Morgan fingerprint density at radius 1 is 1.00 bits per heavy atom. The summed E-state index contributed by atoms with van der Waals surface area (Å²) >= 11 is 0. The van der Waals surface area contributed by atoms with Crippen molar-refractivity contribution in [1.29, 1.82) is 0 Å². The lowest BCUT2D eigenvalue weighted by molar-refractivity contribution is 0.0733. The predicted molar refractivity (Wildman–Crippen MR) is 93.1 cm³/mol. The van der Waals surface area contributed by atoms with E-state index in [0.29, 0.717) is 6.42 Å². The van der Waals surface area contributed by atoms with E-state index >= 15 is 0 Å². The van der Waals surface area contributed by atoms with Gasteiger partial charge in [0.1, 0.15) is 0 Å². The van der Waals surface area contributed by atoms with Crippen molar-refractivity contribution in [3.8, 4) is 0 Å². The van der Waals surface area contributed by atoms with Crippen LogP contribution in [0.25, 0.3) is 0 Å². The Morgan fingerprint density at radius 3 is 2.26 bits per heavy atom. The van der Waals surface area contributed by atoms with Crippen LogP contribution in [0.3, 0.4) is 0 Å². The van der Waals surface area contributed by atoms with Gasteiger partial charge in [0.15, 0.2) is 0 Å². The molecule has 0 heterocycles. The van der Waals surface area contributed by atoms with Crippen molar-refractivity contribution in [2.24, 2.45) is 0 Å². The highest BCUT2D eigenvalue weighted by Crippen LogP contribution is 2.16. The zero-order valence-corrected chi connectivity index (χ0v) is 15.4. The number of hydrogen-bond donors (Lipinski definition) is 0. The Bertz CT molecular complexity index is 522. The Morgan fingerprint density at radius 2 is 1.65 bits per heavy atom. The van der Waals surface area contributed by atoms with Gasteiger partial charge in [0.25, 0.3) is 10.1 Å². The fourth-order valence-electron chi connectivity index (χ4n) is 2.42. The summed E-state index contributed by atoms with van der Waals surface area (Å²) in [5.74, 6) is 0. The molecular formula is C18H30O4S. The molecular weight excluding hydrogens is 312 g/mol. The third-order valence-corrected chi connectivity index (χ3v) is 5.28. The van der Waals surface area contributed by atoms with Crippen molar-refractivity contribution in [3.63, 3.8) is 0 Å². The summed E-state index contributed by atoms with van der Waals surface area (Å²) in [4.78, 5) is 0.205. The van der Waals surface area contributed by atoms with E-state index in [4.69, 9.17) is 8.92 Å². The molecule has 1 aromatic carbocycles. The van der Waals surface area contributed by atoms with Crippen LogP contribution in [-0.2, 0) is 19.0 Å². The molecule has 0 radical (unpaired) electrons. The van der Waals surface area contributed by atoms with Crippen LogP contribution in [0, 0.1) is 6.92 Å². The average Bonchev–Trinajstić information content (AvgIpc) is 2.53. The molecule has 0 aliphatic rings. The van der Waals surface area contributed by atoms with Gasteiger partial charge in [-0.3, -0.25) is 4.18 Å². The second-order valence-corrected chi connectivity index (χ2v) is 7.55. The van der Waals surface area contributed by atoms with Gasteiger partial charge in [0.2, 0.25) is 0 Å². The average molecular weight is 343 g/mol. The van der Waals surface area contributed by atoms with Gasteiger partial charge >= 0.3 is 0 Å². The minimum absolute atomic E-state index is 0.0600. The first-order chi connectivity index (χ1) is 11.0. The lowest BCUT2D eigenvalue weighted by Gasteiger charge is -2.15. The number of aryl methyl sites for hydroxylation is 1. The molecule has 0 aliphatic heterocycles. The molecule has 1 atom stereocenters. The highest BCUT2D eigenvalue weighted by Gasteiger charge is 2.16. The van der Waals surface area contributed by atoms with Gasteiger partial charge in [-0.1, -0.05) is 56.7 Å². The first-order valence-electron chi connectivity index (χ1n) is 8.48. The molecule has 1 aromatic rings. The normalized spacial score (nSPS) is 13.2. The molecule has 5 heteroatoms. The van der Waals surface area contributed by atoms with E-state index in [-0.39, 0.29) is 17.6 Å².